The number of para-hydroxylation sites is 1. The van der Waals surface area contributed by atoms with Crippen LogP contribution in [-0.2, 0) is 13.0 Å². The molecule has 0 atom stereocenters. The van der Waals surface area contributed by atoms with Gasteiger partial charge in [-0.3, -0.25) is 4.90 Å². The number of hydrogen-bond acceptors (Lipinski definition) is 1. The van der Waals surface area contributed by atoms with Crippen LogP contribution in [0.2, 0.25) is 0 Å². The first-order chi connectivity index (χ1) is 15.4. The third-order valence-corrected chi connectivity index (χ3v) is 6.65. The number of H-pyrrole nitrogens is 1. The summed E-state index contributed by atoms with van der Waals surface area (Å²) in [5, 5.41) is 3.96. The molecule has 2 heterocycles. The fraction of sp³-hybridized carbons (Fsp3) is 0.286. The van der Waals surface area contributed by atoms with Crippen molar-refractivity contribution in [3.63, 3.8) is 0 Å². The van der Waals surface area contributed by atoms with Crippen LogP contribution in [0.3, 0.4) is 0 Å². The number of nitrogens with two attached hydrogens (primary N) is 1. The molecule has 1 aliphatic heterocycles. The van der Waals surface area contributed by atoms with Crippen molar-refractivity contribution in [2.45, 2.75) is 31.8 Å². The Kier molecular flexibility index (Phi) is 6.15. The van der Waals surface area contributed by atoms with E-state index in [1.807, 2.05) is 0 Å². The minimum absolute atomic E-state index is 0.748. The zero-order chi connectivity index (χ0) is 20.9. The SMILES string of the molecule is c1ccc(CN2CCC([NH2+]CCc3c(-c4ccccc4)[nH]c4ccccc34)CC2)cc1. The fourth-order valence-corrected chi connectivity index (χ4v) is 4.96. The standard InChI is InChI=1S/C28H31N3/c1-3-9-22(10-4-1)21-31-19-16-24(17-20-31)29-18-15-26-25-13-7-8-14-27(25)30-28(26)23-11-5-2-6-12-23/h1-14,24,29-30H,15-21H2/p+1. The fourth-order valence-electron chi connectivity index (χ4n) is 4.96. The van der Waals surface area contributed by atoms with Gasteiger partial charge < -0.3 is 10.3 Å². The first-order valence-corrected chi connectivity index (χ1v) is 11.6. The van der Waals surface area contributed by atoms with Crippen molar-refractivity contribution in [3.05, 3.63) is 96.1 Å². The summed E-state index contributed by atoms with van der Waals surface area (Å²) in [6, 6.07) is 31.1. The van der Waals surface area contributed by atoms with Gasteiger partial charge in [-0.25, -0.2) is 0 Å². The maximum absolute atomic E-state index is 3.68. The molecule has 4 aromatic rings. The van der Waals surface area contributed by atoms with E-state index in [1.165, 1.54) is 59.2 Å². The zero-order valence-electron chi connectivity index (χ0n) is 18.1. The Morgan fingerprint density at radius 3 is 2.26 bits per heavy atom. The first-order valence-electron chi connectivity index (χ1n) is 11.6. The highest BCUT2D eigenvalue weighted by Crippen LogP contribution is 2.30. The van der Waals surface area contributed by atoms with Crippen LogP contribution in [0.15, 0.2) is 84.9 Å². The van der Waals surface area contributed by atoms with Crippen LogP contribution < -0.4 is 5.32 Å². The second-order valence-electron chi connectivity index (χ2n) is 8.76. The molecule has 158 valence electrons. The molecule has 0 spiro atoms. The Labute approximate surface area is 185 Å². The van der Waals surface area contributed by atoms with Gasteiger partial charge in [-0.15, -0.1) is 0 Å². The molecule has 0 aliphatic carbocycles. The summed E-state index contributed by atoms with van der Waals surface area (Å²) in [6.45, 7) is 4.64. The molecule has 1 aromatic heterocycles. The van der Waals surface area contributed by atoms with Crippen molar-refractivity contribution in [2.75, 3.05) is 19.6 Å². The van der Waals surface area contributed by atoms with Crippen LogP contribution in [-0.4, -0.2) is 35.6 Å². The molecule has 1 fully saturated rings. The van der Waals surface area contributed by atoms with Crippen LogP contribution in [0.4, 0.5) is 0 Å². The van der Waals surface area contributed by atoms with E-state index < -0.39 is 0 Å². The largest absolute Gasteiger partial charge is 0.354 e. The van der Waals surface area contributed by atoms with E-state index in [0.29, 0.717) is 0 Å². The van der Waals surface area contributed by atoms with Gasteiger partial charge in [0.1, 0.15) is 0 Å². The number of rotatable bonds is 7. The van der Waals surface area contributed by atoms with Gasteiger partial charge in [-0.2, -0.15) is 0 Å². The molecule has 0 bridgehead atoms. The van der Waals surface area contributed by atoms with Gasteiger partial charge in [0.15, 0.2) is 0 Å². The van der Waals surface area contributed by atoms with Crippen LogP contribution in [0.1, 0.15) is 24.0 Å². The van der Waals surface area contributed by atoms with Gasteiger partial charge in [-0.1, -0.05) is 78.9 Å². The van der Waals surface area contributed by atoms with Gasteiger partial charge in [0.2, 0.25) is 0 Å². The van der Waals surface area contributed by atoms with E-state index in [-0.39, 0.29) is 0 Å². The highest BCUT2D eigenvalue weighted by molar-refractivity contribution is 5.90. The third kappa shape index (κ3) is 4.73. The molecule has 0 radical (unpaired) electrons. The Morgan fingerprint density at radius 2 is 1.48 bits per heavy atom. The molecule has 0 unspecified atom stereocenters. The summed E-state index contributed by atoms with van der Waals surface area (Å²) in [7, 11) is 0. The lowest BCUT2D eigenvalue weighted by molar-refractivity contribution is -0.691. The molecule has 0 saturated carbocycles. The number of quaternary nitrogens is 1. The van der Waals surface area contributed by atoms with E-state index in [1.54, 1.807) is 0 Å². The number of hydrogen-bond donors (Lipinski definition) is 2. The van der Waals surface area contributed by atoms with Crippen molar-refractivity contribution in [3.8, 4) is 11.3 Å². The molecule has 0 amide bonds. The van der Waals surface area contributed by atoms with Crippen LogP contribution in [0, 0.1) is 0 Å². The van der Waals surface area contributed by atoms with Gasteiger partial charge in [0.25, 0.3) is 0 Å². The predicted molar refractivity (Wildman–Crippen MR) is 129 cm³/mol. The molecule has 3 aromatic carbocycles. The minimum Gasteiger partial charge on any atom is -0.354 e. The highest BCUT2D eigenvalue weighted by Gasteiger charge is 2.22. The van der Waals surface area contributed by atoms with Gasteiger partial charge in [0.05, 0.1) is 12.6 Å². The van der Waals surface area contributed by atoms with Crippen molar-refractivity contribution in [1.82, 2.24) is 9.88 Å². The Morgan fingerprint density at radius 1 is 0.806 bits per heavy atom. The average Bonchev–Trinajstić information content (AvgIpc) is 3.20. The van der Waals surface area contributed by atoms with Crippen molar-refractivity contribution < 1.29 is 5.32 Å². The second kappa shape index (κ2) is 9.51. The van der Waals surface area contributed by atoms with Gasteiger partial charge in [0, 0.05) is 55.5 Å². The summed E-state index contributed by atoms with van der Waals surface area (Å²) >= 11 is 0. The van der Waals surface area contributed by atoms with E-state index in [4.69, 9.17) is 0 Å². The number of nitrogens with zero attached hydrogens (tertiary/aromatic N) is 1. The lowest BCUT2D eigenvalue weighted by Crippen LogP contribution is -2.91. The van der Waals surface area contributed by atoms with Crippen LogP contribution >= 0.6 is 0 Å². The lowest BCUT2D eigenvalue weighted by Gasteiger charge is -2.30. The molecular formula is C28H32N3+. The molecule has 1 aliphatic rings. The number of aromatic amines is 1. The summed E-state index contributed by atoms with van der Waals surface area (Å²) < 4.78 is 0. The maximum Gasteiger partial charge on any atom is 0.0883 e. The molecule has 3 N–H and O–H groups in total. The minimum atomic E-state index is 0.748. The number of benzene rings is 3. The third-order valence-electron chi connectivity index (χ3n) is 6.65. The monoisotopic (exact) mass is 410 g/mol. The summed E-state index contributed by atoms with van der Waals surface area (Å²) in [4.78, 5) is 6.28. The molecule has 1 saturated heterocycles. The number of nitrogens with one attached hydrogen (secondary N) is 1. The molecule has 31 heavy (non-hydrogen) atoms. The second-order valence-corrected chi connectivity index (χ2v) is 8.76. The number of fused-ring (bicyclic) bond motifs is 1. The van der Waals surface area contributed by atoms with E-state index in [9.17, 15) is 0 Å². The van der Waals surface area contributed by atoms with Crippen molar-refractivity contribution >= 4 is 10.9 Å². The van der Waals surface area contributed by atoms with Gasteiger partial charge in [-0.05, 0) is 22.8 Å². The van der Waals surface area contributed by atoms with Crippen molar-refractivity contribution in [2.24, 2.45) is 0 Å². The number of piperidine rings is 1. The van der Waals surface area contributed by atoms with Crippen LogP contribution in [0.25, 0.3) is 22.2 Å². The molecular weight excluding hydrogens is 378 g/mol. The van der Waals surface area contributed by atoms with Gasteiger partial charge >= 0.3 is 0 Å². The maximum atomic E-state index is 3.68. The van der Waals surface area contributed by atoms with E-state index >= 15 is 0 Å². The van der Waals surface area contributed by atoms with Crippen LogP contribution in [0.5, 0.6) is 0 Å². The number of likely N-dealkylation sites (tertiary alicyclic amines) is 1. The van der Waals surface area contributed by atoms with Crippen molar-refractivity contribution in [1.29, 1.82) is 0 Å². The molecule has 3 nitrogen and oxygen atoms in total. The smallest absolute Gasteiger partial charge is 0.0883 e. The first kappa shape index (κ1) is 20.0. The Bertz CT molecular complexity index is 1090. The Hall–Kier alpha value is -2.88. The molecule has 5 rings (SSSR count). The predicted octanol–water partition coefficient (Wildman–Crippen LogP) is 4.61. The topological polar surface area (TPSA) is 35.6 Å². The van der Waals surface area contributed by atoms with E-state index in [2.05, 4.69) is 100 Å². The quantitative estimate of drug-likeness (QED) is 0.459. The summed E-state index contributed by atoms with van der Waals surface area (Å²) in [5.41, 5.74) is 6.69. The average molecular weight is 411 g/mol. The highest BCUT2D eigenvalue weighted by atomic mass is 15.1. The number of aromatic nitrogens is 1. The summed E-state index contributed by atoms with van der Waals surface area (Å²) in [6.07, 6.45) is 3.66. The lowest BCUT2D eigenvalue weighted by atomic mass is 10.0. The molecule has 3 heteroatoms. The van der Waals surface area contributed by atoms with E-state index in [0.717, 1.165) is 25.6 Å². The normalized spacial score (nSPS) is 15.5. The zero-order valence-corrected chi connectivity index (χ0v) is 18.1. The summed E-state index contributed by atoms with van der Waals surface area (Å²) in [5.74, 6) is 0. The Balaban J connectivity index is 1.19.